The van der Waals surface area contributed by atoms with Crippen LogP contribution < -0.4 is 15.4 Å². The summed E-state index contributed by atoms with van der Waals surface area (Å²) in [5.41, 5.74) is 3.05. The molecule has 9 heteroatoms. The largest absolute Gasteiger partial charge is 0.445 e. The van der Waals surface area contributed by atoms with Crippen molar-refractivity contribution in [3.05, 3.63) is 106 Å². The van der Waals surface area contributed by atoms with Crippen molar-refractivity contribution in [2.75, 3.05) is 0 Å². The van der Waals surface area contributed by atoms with Crippen LogP contribution in [0.1, 0.15) is 17.5 Å². The van der Waals surface area contributed by atoms with Gasteiger partial charge in [-0.25, -0.2) is 9.59 Å². The van der Waals surface area contributed by atoms with Crippen LogP contribution in [-0.4, -0.2) is 23.0 Å². The highest BCUT2D eigenvalue weighted by molar-refractivity contribution is 5.87. The number of benzene rings is 3. The molecule has 0 aromatic heterocycles. The number of carbonyl (C=O) groups excluding carboxylic acids is 2. The number of fused-ring (bicyclic) bond motifs is 1. The van der Waals surface area contributed by atoms with Crippen molar-refractivity contribution in [3.8, 4) is 5.75 Å². The standard InChI is InChI=1S/C25H20N3O6/c29-24(34-20-12-10-19(11-13-20)28(31)32)23(14-18-15-26-22-9-5-4-8-21(18)22)27-25(30)33-16-17-6-2-1-3-7-17/h1-13,15,23H,14,16H2,(H,27,30). The molecule has 0 saturated carbocycles. The summed E-state index contributed by atoms with van der Waals surface area (Å²) in [6, 6.07) is 20.6. The number of alkyl carbamates (subject to hydrolysis) is 1. The molecule has 3 aromatic rings. The molecule has 4 rings (SSSR count). The molecule has 0 spiro atoms. The van der Waals surface area contributed by atoms with E-state index in [0.717, 1.165) is 22.4 Å². The van der Waals surface area contributed by atoms with Crippen LogP contribution in [0.3, 0.4) is 0 Å². The number of hydrogen-bond donors (Lipinski definition) is 1. The van der Waals surface area contributed by atoms with E-state index >= 15 is 0 Å². The first-order valence-corrected chi connectivity index (χ1v) is 10.4. The molecule has 9 nitrogen and oxygen atoms in total. The zero-order valence-corrected chi connectivity index (χ0v) is 17.9. The fourth-order valence-corrected chi connectivity index (χ4v) is 3.38. The lowest BCUT2D eigenvalue weighted by molar-refractivity contribution is -0.384. The number of para-hydroxylation sites is 1. The maximum atomic E-state index is 13.0. The molecule has 1 aliphatic heterocycles. The van der Waals surface area contributed by atoms with Crippen molar-refractivity contribution in [2.24, 2.45) is 0 Å². The van der Waals surface area contributed by atoms with Gasteiger partial charge in [-0.2, -0.15) is 0 Å². The molecule has 0 bridgehead atoms. The molecule has 34 heavy (non-hydrogen) atoms. The Kier molecular flexibility index (Phi) is 6.83. The van der Waals surface area contributed by atoms with Gasteiger partial charge in [-0.3, -0.25) is 15.4 Å². The number of amides is 1. The lowest BCUT2D eigenvalue weighted by Gasteiger charge is -2.18. The summed E-state index contributed by atoms with van der Waals surface area (Å²) in [5.74, 6) is -0.624. The average Bonchev–Trinajstić information content (AvgIpc) is 3.26. The van der Waals surface area contributed by atoms with Gasteiger partial charge in [0.15, 0.2) is 0 Å². The van der Waals surface area contributed by atoms with E-state index in [2.05, 4.69) is 10.6 Å². The van der Waals surface area contributed by atoms with Gasteiger partial charge in [0, 0.05) is 30.3 Å². The zero-order chi connectivity index (χ0) is 23.9. The Hall–Kier alpha value is -4.66. The molecular formula is C25H20N3O6. The predicted molar refractivity (Wildman–Crippen MR) is 123 cm³/mol. The summed E-state index contributed by atoms with van der Waals surface area (Å²) in [4.78, 5) is 35.7. The number of esters is 1. The molecule has 1 N–H and O–H groups in total. The summed E-state index contributed by atoms with van der Waals surface area (Å²) < 4.78 is 10.6. The lowest BCUT2D eigenvalue weighted by Crippen LogP contribution is -2.43. The molecular weight excluding hydrogens is 438 g/mol. The normalized spacial score (nSPS) is 12.5. The highest BCUT2D eigenvalue weighted by Gasteiger charge is 2.28. The molecule has 1 unspecified atom stereocenters. The Morgan fingerprint density at radius 2 is 1.68 bits per heavy atom. The smallest absolute Gasteiger partial charge is 0.408 e. The van der Waals surface area contributed by atoms with E-state index in [1.807, 2.05) is 54.6 Å². The fourth-order valence-electron chi connectivity index (χ4n) is 3.38. The quantitative estimate of drug-likeness (QED) is 0.230. The summed E-state index contributed by atoms with van der Waals surface area (Å²) in [5, 5.41) is 17.7. The third kappa shape index (κ3) is 5.57. The molecule has 1 amide bonds. The first-order valence-electron chi connectivity index (χ1n) is 10.4. The number of nitro groups is 1. The van der Waals surface area contributed by atoms with E-state index < -0.39 is 23.0 Å². The topological polar surface area (TPSA) is 122 Å². The van der Waals surface area contributed by atoms with Crippen molar-refractivity contribution in [1.82, 2.24) is 10.6 Å². The van der Waals surface area contributed by atoms with Gasteiger partial charge in [-0.1, -0.05) is 48.5 Å². The Bertz CT molecular complexity index is 1220. The zero-order valence-electron chi connectivity index (χ0n) is 17.9. The second kappa shape index (κ2) is 10.3. The van der Waals surface area contributed by atoms with Crippen LogP contribution in [0.4, 0.5) is 16.2 Å². The number of nitro benzene ring substituents is 1. The predicted octanol–water partition coefficient (Wildman–Crippen LogP) is 4.48. The van der Waals surface area contributed by atoms with Gasteiger partial charge in [0.05, 0.1) is 10.6 Å². The summed E-state index contributed by atoms with van der Waals surface area (Å²) in [6.07, 6.45) is 0.985. The Morgan fingerprint density at radius 1 is 0.971 bits per heavy atom. The summed E-state index contributed by atoms with van der Waals surface area (Å²) >= 11 is 0. The van der Waals surface area contributed by atoms with Crippen LogP contribution >= 0.6 is 0 Å². The van der Waals surface area contributed by atoms with Crippen molar-refractivity contribution in [2.45, 2.75) is 19.1 Å². The number of non-ortho nitro benzene ring substituents is 1. The maximum Gasteiger partial charge on any atom is 0.408 e. The van der Waals surface area contributed by atoms with Gasteiger partial charge < -0.3 is 14.8 Å². The van der Waals surface area contributed by atoms with Crippen LogP contribution in [0.2, 0.25) is 0 Å². The number of ether oxygens (including phenoxy) is 2. The van der Waals surface area contributed by atoms with Gasteiger partial charge in [0.2, 0.25) is 0 Å². The fraction of sp³-hybridized carbons (Fsp3) is 0.120. The minimum atomic E-state index is -1.08. The van der Waals surface area contributed by atoms with Crippen LogP contribution in [0, 0.1) is 10.1 Å². The van der Waals surface area contributed by atoms with Gasteiger partial charge in [0.1, 0.15) is 18.4 Å². The molecule has 1 aliphatic rings. The summed E-state index contributed by atoms with van der Waals surface area (Å²) in [6.45, 7) is 0.0393. The second-order valence-corrected chi connectivity index (χ2v) is 7.44. The maximum absolute atomic E-state index is 13.0. The Labute approximate surface area is 195 Å². The average molecular weight is 458 g/mol. The Morgan fingerprint density at radius 3 is 2.41 bits per heavy atom. The molecule has 1 atom stereocenters. The van der Waals surface area contributed by atoms with Crippen LogP contribution in [0.25, 0.3) is 5.57 Å². The van der Waals surface area contributed by atoms with E-state index in [9.17, 15) is 19.7 Å². The molecule has 0 saturated heterocycles. The number of rotatable bonds is 8. The van der Waals surface area contributed by atoms with Crippen molar-refractivity contribution in [3.63, 3.8) is 0 Å². The second-order valence-electron chi connectivity index (χ2n) is 7.44. The highest BCUT2D eigenvalue weighted by atomic mass is 16.6. The van der Waals surface area contributed by atoms with Gasteiger partial charge in [0.25, 0.3) is 5.69 Å². The number of nitrogens with zero attached hydrogens (tertiary/aromatic N) is 2. The molecule has 171 valence electrons. The van der Waals surface area contributed by atoms with Crippen LogP contribution in [0.5, 0.6) is 5.75 Å². The first-order chi connectivity index (χ1) is 16.5. The van der Waals surface area contributed by atoms with Crippen LogP contribution in [0.15, 0.2) is 85.1 Å². The SMILES string of the molecule is O=C(NC(CC1=C[N]c2ccccc21)C(=O)Oc1ccc([N+](=O)[O-])cc1)OCc1ccccc1. The molecule has 0 aliphatic carbocycles. The number of nitrogens with one attached hydrogen (secondary N) is 1. The molecule has 1 heterocycles. The first kappa shape index (κ1) is 22.5. The lowest BCUT2D eigenvalue weighted by atomic mass is 10.00. The third-order valence-corrected chi connectivity index (χ3v) is 5.09. The number of hydrogen-bond acceptors (Lipinski definition) is 6. The summed E-state index contributed by atoms with van der Waals surface area (Å²) in [7, 11) is 0. The van der Waals surface area contributed by atoms with Crippen LogP contribution in [-0.2, 0) is 16.1 Å². The minimum Gasteiger partial charge on any atom is -0.445 e. The molecule has 0 fully saturated rings. The highest BCUT2D eigenvalue weighted by Crippen LogP contribution is 2.33. The van der Waals surface area contributed by atoms with Gasteiger partial charge >= 0.3 is 12.1 Å². The molecule has 1 radical (unpaired) electrons. The van der Waals surface area contributed by atoms with E-state index in [4.69, 9.17) is 9.47 Å². The Balaban J connectivity index is 1.46. The minimum absolute atomic E-state index is 0.0393. The third-order valence-electron chi connectivity index (χ3n) is 5.09. The van der Waals surface area contributed by atoms with Crippen molar-refractivity contribution < 1.29 is 24.0 Å². The monoisotopic (exact) mass is 458 g/mol. The van der Waals surface area contributed by atoms with E-state index in [0.29, 0.717) is 0 Å². The van der Waals surface area contributed by atoms with Crippen molar-refractivity contribution >= 4 is 29.0 Å². The number of carbonyl (C=O) groups is 2. The van der Waals surface area contributed by atoms with Crippen molar-refractivity contribution in [1.29, 1.82) is 0 Å². The van der Waals surface area contributed by atoms with Gasteiger partial charge in [-0.15, -0.1) is 0 Å². The van der Waals surface area contributed by atoms with Gasteiger partial charge in [-0.05, 0) is 29.3 Å². The van der Waals surface area contributed by atoms with E-state index in [1.54, 1.807) is 6.20 Å². The van der Waals surface area contributed by atoms with E-state index in [1.165, 1.54) is 24.3 Å². The van der Waals surface area contributed by atoms with E-state index in [-0.39, 0.29) is 24.5 Å². The molecule has 3 aromatic carbocycles.